The molecule has 1 saturated carbocycles. The minimum Gasteiger partial charge on any atom is -0.457 e. The van der Waals surface area contributed by atoms with E-state index in [1.807, 2.05) is 0 Å². The molecular formula is C21H32O3Si. The van der Waals surface area contributed by atoms with Crippen LogP contribution in [0.2, 0.25) is 18.1 Å². The van der Waals surface area contributed by atoms with Crippen LogP contribution in [0.3, 0.4) is 0 Å². The van der Waals surface area contributed by atoms with E-state index >= 15 is 0 Å². The normalized spacial score (nSPS) is 47.8. The zero-order valence-corrected chi connectivity index (χ0v) is 17.9. The fourth-order valence-electron chi connectivity index (χ4n) is 5.88. The van der Waals surface area contributed by atoms with Gasteiger partial charge in [-0.2, -0.15) is 0 Å². The van der Waals surface area contributed by atoms with Gasteiger partial charge in [0.15, 0.2) is 8.32 Å². The van der Waals surface area contributed by atoms with Gasteiger partial charge in [0.25, 0.3) is 0 Å². The molecule has 0 aromatic carbocycles. The zero-order chi connectivity index (χ0) is 18.7. The van der Waals surface area contributed by atoms with Crippen LogP contribution >= 0.6 is 0 Å². The lowest BCUT2D eigenvalue weighted by molar-refractivity contribution is -0.162. The lowest BCUT2D eigenvalue weighted by Crippen LogP contribution is -2.55. The zero-order valence-electron chi connectivity index (χ0n) is 16.9. The van der Waals surface area contributed by atoms with E-state index in [0.29, 0.717) is 6.42 Å². The van der Waals surface area contributed by atoms with E-state index in [1.165, 1.54) is 5.57 Å². The highest BCUT2D eigenvalue weighted by molar-refractivity contribution is 6.74. The Morgan fingerprint density at radius 1 is 1.24 bits per heavy atom. The van der Waals surface area contributed by atoms with Gasteiger partial charge in [-0.3, -0.25) is 4.79 Å². The van der Waals surface area contributed by atoms with Crippen molar-refractivity contribution in [2.45, 2.75) is 84.2 Å². The van der Waals surface area contributed by atoms with Crippen molar-refractivity contribution in [3.05, 3.63) is 23.8 Å². The number of hydrogen-bond acceptors (Lipinski definition) is 3. The molecule has 138 valence electrons. The first kappa shape index (κ1) is 17.5. The van der Waals surface area contributed by atoms with Crippen molar-refractivity contribution >= 4 is 14.3 Å². The van der Waals surface area contributed by atoms with Crippen LogP contribution in [0.15, 0.2) is 23.8 Å². The predicted molar refractivity (Wildman–Crippen MR) is 102 cm³/mol. The number of hydrogen-bond donors (Lipinski definition) is 0. The lowest BCUT2D eigenvalue weighted by Gasteiger charge is -2.53. The average Bonchev–Trinajstić information content (AvgIpc) is 2.95. The monoisotopic (exact) mass is 360 g/mol. The highest BCUT2D eigenvalue weighted by atomic mass is 28.4. The molecule has 0 spiro atoms. The molecule has 4 aliphatic rings. The first-order chi connectivity index (χ1) is 11.3. The molecule has 1 heterocycles. The van der Waals surface area contributed by atoms with E-state index in [2.05, 4.69) is 72.9 Å². The van der Waals surface area contributed by atoms with Crippen molar-refractivity contribution in [1.29, 1.82) is 0 Å². The summed E-state index contributed by atoms with van der Waals surface area (Å²) >= 11 is 0. The molecule has 0 N–H and O–H groups in total. The molecule has 1 saturated heterocycles. The molecule has 0 aromatic heterocycles. The average molecular weight is 361 g/mol. The van der Waals surface area contributed by atoms with Crippen molar-refractivity contribution in [3.8, 4) is 0 Å². The van der Waals surface area contributed by atoms with Crippen LogP contribution < -0.4 is 0 Å². The Bertz CT molecular complexity index is 730. The van der Waals surface area contributed by atoms with Gasteiger partial charge in [-0.15, -0.1) is 0 Å². The summed E-state index contributed by atoms with van der Waals surface area (Å²) in [6, 6.07) is 0. The molecule has 4 heteroatoms. The smallest absolute Gasteiger partial charge is 0.307 e. The van der Waals surface area contributed by atoms with Crippen LogP contribution in [0, 0.1) is 16.2 Å². The van der Waals surface area contributed by atoms with Gasteiger partial charge in [0.1, 0.15) is 5.60 Å². The molecule has 3 nitrogen and oxygen atoms in total. The van der Waals surface area contributed by atoms with Crippen molar-refractivity contribution < 1.29 is 14.0 Å². The Morgan fingerprint density at radius 2 is 1.88 bits per heavy atom. The molecule has 0 aromatic rings. The van der Waals surface area contributed by atoms with Gasteiger partial charge in [-0.05, 0) is 25.1 Å². The third-order valence-corrected chi connectivity index (χ3v) is 13.2. The second kappa shape index (κ2) is 4.33. The molecular weight excluding hydrogens is 328 g/mol. The number of fused-ring (bicyclic) bond motifs is 1. The largest absolute Gasteiger partial charge is 0.457 e. The highest BCUT2D eigenvalue weighted by Gasteiger charge is 2.86. The van der Waals surface area contributed by atoms with E-state index in [-0.39, 0.29) is 33.4 Å². The van der Waals surface area contributed by atoms with Gasteiger partial charge in [0.05, 0.1) is 17.9 Å². The Balaban J connectivity index is 1.90. The Kier molecular flexibility index (Phi) is 3.04. The second-order valence-electron chi connectivity index (χ2n) is 10.6. The summed E-state index contributed by atoms with van der Waals surface area (Å²) in [6.07, 6.45) is 8.17. The molecule has 0 unspecified atom stereocenters. The van der Waals surface area contributed by atoms with Crippen molar-refractivity contribution in [3.63, 3.8) is 0 Å². The quantitative estimate of drug-likeness (QED) is 0.395. The molecule has 0 bridgehead atoms. The second-order valence-corrected chi connectivity index (χ2v) is 15.4. The molecule has 3 aliphatic carbocycles. The third-order valence-electron chi connectivity index (χ3n) is 8.76. The van der Waals surface area contributed by atoms with Crippen LogP contribution in [0.1, 0.15) is 54.4 Å². The Labute approximate surface area is 153 Å². The first-order valence-corrected chi connectivity index (χ1v) is 12.5. The fourth-order valence-corrected chi connectivity index (χ4v) is 7.27. The van der Waals surface area contributed by atoms with Crippen LogP contribution in [-0.4, -0.2) is 26.0 Å². The number of esters is 1. The van der Waals surface area contributed by atoms with Crippen molar-refractivity contribution in [2.75, 3.05) is 0 Å². The molecule has 2 fully saturated rings. The number of carbonyl (C=O) groups is 1. The summed E-state index contributed by atoms with van der Waals surface area (Å²) < 4.78 is 13.3. The van der Waals surface area contributed by atoms with Gasteiger partial charge in [-0.25, -0.2) is 0 Å². The van der Waals surface area contributed by atoms with Crippen LogP contribution in [0.5, 0.6) is 0 Å². The molecule has 5 atom stereocenters. The topological polar surface area (TPSA) is 35.5 Å². The summed E-state index contributed by atoms with van der Waals surface area (Å²) in [5, 5.41) is 0.134. The van der Waals surface area contributed by atoms with Gasteiger partial charge in [0.2, 0.25) is 0 Å². The van der Waals surface area contributed by atoms with E-state index in [9.17, 15) is 4.79 Å². The SMILES string of the molecule is CC1=CC[C@@]23OC(=O)C[C@@]12[C@@H](O[Si](C)(C)C(C)(C)C)[C@@]1(C)C=C[C@@]31C. The minimum atomic E-state index is -2.00. The van der Waals surface area contributed by atoms with Gasteiger partial charge < -0.3 is 9.16 Å². The molecule has 1 aliphatic heterocycles. The van der Waals surface area contributed by atoms with E-state index in [0.717, 1.165) is 6.42 Å². The number of carbonyl (C=O) groups excluding carboxylic acids is 1. The predicted octanol–water partition coefficient (Wildman–Crippen LogP) is 4.99. The first-order valence-electron chi connectivity index (χ1n) is 9.55. The summed E-state index contributed by atoms with van der Waals surface area (Å²) in [5.41, 5.74) is 0.275. The van der Waals surface area contributed by atoms with Gasteiger partial charge >= 0.3 is 5.97 Å². The number of ether oxygens (including phenoxy) is 1. The van der Waals surface area contributed by atoms with Crippen LogP contribution in [0.25, 0.3) is 0 Å². The summed E-state index contributed by atoms with van der Waals surface area (Å²) in [5.74, 6) is -0.0557. The van der Waals surface area contributed by atoms with E-state index in [4.69, 9.17) is 9.16 Å². The number of rotatable bonds is 2. The molecule has 0 radical (unpaired) electrons. The van der Waals surface area contributed by atoms with Gasteiger partial charge in [0, 0.05) is 17.3 Å². The summed E-state index contributed by atoms with van der Waals surface area (Å²) in [6.45, 7) is 18.3. The molecule has 0 amide bonds. The molecule has 4 rings (SSSR count). The lowest BCUT2D eigenvalue weighted by atomic mass is 9.54. The van der Waals surface area contributed by atoms with Crippen LogP contribution in [-0.2, 0) is 14.0 Å². The fraction of sp³-hybridized carbons (Fsp3) is 0.762. The van der Waals surface area contributed by atoms with Gasteiger partial charge in [-0.1, -0.05) is 58.4 Å². The maximum atomic E-state index is 12.5. The molecule has 25 heavy (non-hydrogen) atoms. The third kappa shape index (κ3) is 1.57. The van der Waals surface area contributed by atoms with Crippen molar-refractivity contribution in [1.82, 2.24) is 0 Å². The Hall–Kier alpha value is -0.873. The summed E-state index contributed by atoms with van der Waals surface area (Å²) in [4.78, 5) is 12.5. The highest BCUT2D eigenvalue weighted by Crippen LogP contribution is 2.81. The van der Waals surface area contributed by atoms with E-state index in [1.54, 1.807) is 0 Å². The summed E-state index contributed by atoms with van der Waals surface area (Å²) in [7, 11) is -2.00. The van der Waals surface area contributed by atoms with E-state index < -0.39 is 13.9 Å². The van der Waals surface area contributed by atoms with Crippen LogP contribution in [0.4, 0.5) is 0 Å². The minimum absolute atomic E-state index is 0.00101. The maximum Gasteiger partial charge on any atom is 0.307 e. The van der Waals surface area contributed by atoms with Crippen molar-refractivity contribution in [2.24, 2.45) is 16.2 Å². The maximum absolute atomic E-state index is 12.5. The Morgan fingerprint density at radius 3 is 2.40 bits per heavy atom. The standard InChI is InChI=1S/C21H32O3Si/c1-14-9-10-21-19(6)12-11-18(19,5)16(20(14,21)13-15(22)23-21)24-25(7,8)17(2,3)4/h9,11-12,16H,10,13H2,1-8H3/t16-,18+,19+,20-,21-/m0/s1.